The van der Waals surface area contributed by atoms with E-state index in [2.05, 4.69) is 10.2 Å². The summed E-state index contributed by atoms with van der Waals surface area (Å²) in [6.07, 6.45) is 1.65. The molecule has 1 unspecified atom stereocenters. The summed E-state index contributed by atoms with van der Waals surface area (Å²) in [5.74, 6) is 0.587. The molecule has 1 aliphatic carbocycles. The van der Waals surface area contributed by atoms with Crippen LogP contribution in [0.3, 0.4) is 0 Å². The Labute approximate surface area is 158 Å². The molecule has 1 saturated carbocycles. The van der Waals surface area contributed by atoms with Crippen molar-refractivity contribution in [1.29, 1.82) is 0 Å². The molecule has 0 aromatic heterocycles. The normalized spacial score (nSPS) is 18.9. The van der Waals surface area contributed by atoms with Gasteiger partial charge in [0.15, 0.2) is 0 Å². The van der Waals surface area contributed by atoms with E-state index >= 15 is 0 Å². The average molecular weight is 365 g/mol. The van der Waals surface area contributed by atoms with E-state index in [1.165, 1.54) is 0 Å². The van der Waals surface area contributed by atoms with Crippen LogP contribution in [0.5, 0.6) is 5.75 Å². The van der Waals surface area contributed by atoms with Gasteiger partial charge in [-0.2, -0.15) is 0 Å². The minimum absolute atomic E-state index is 0.0916. The number of hydrogen-bond acceptors (Lipinski definition) is 4. The first-order valence-corrected chi connectivity index (χ1v) is 9.19. The molecule has 27 heavy (non-hydrogen) atoms. The van der Waals surface area contributed by atoms with Gasteiger partial charge in [-0.3, -0.25) is 10.1 Å². The summed E-state index contributed by atoms with van der Waals surface area (Å²) < 4.78 is 5.34. The standard InChI is InChI=1S/C21H23N3O3/c1-13-4-9-17(10-5-13)27-21(26)22-15-6-11-18-19(12-15)24(16-7-8-16)14(2)20(25)23(18)3/h4-6,9-12,14,16H,7-8H2,1-3H3,(H,22,26). The number of amides is 2. The highest BCUT2D eigenvalue weighted by Gasteiger charge is 2.41. The lowest BCUT2D eigenvalue weighted by atomic mass is 10.1. The Morgan fingerprint density at radius 2 is 1.81 bits per heavy atom. The fourth-order valence-corrected chi connectivity index (χ4v) is 3.54. The molecule has 0 saturated heterocycles. The SMILES string of the molecule is Cc1ccc(OC(=O)Nc2ccc3c(c2)N(C2CC2)C(C)C(=O)N3C)cc1. The van der Waals surface area contributed by atoms with E-state index in [1.807, 2.05) is 38.1 Å². The van der Waals surface area contributed by atoms with Crippen LogP contribution in [-0.4, -0.2) is 31.1 Å². The maximum atomic E-state index is 12.5. The van der Waals surface area contributed by atoms with Gasteiger partial charge in [0, 0.05) is 18.8 Å². The average Bonchev–Trinajstić information content (AvgIpc) is 3.47. The molecule has 2 aromatic carbocycles. The van der Waals surface area contributed by atoms with E-state index in [0.717, 1.165) is 29.8 Å². The van der Waals surface area contributed by atoms with Crippen molar-refractivity contribution in [2.45, 2.75) is 38.8 Å². The molecule has 1 heterocycles. The third-order valence-electron chi connectivity index (χ3n) is 5.14. The highest BCUT2D eigenvalue weighted by molar-refractivity contribution is 6.06. The molecule has 2 aliphatic rings. The number of likely N-dealkylation sites (N-methyl/N-ethyl adjacent to an activating group) is 1. The first-order valence-electron chi connectivity index (χ1n) is 9.19. The van der Waals surface area contributed by atoms with Crippen LogP contribution in [0.15, 0.2) is 42.5 Å². The number of anilines is 3. The van der Waals surface area contributed by atoms with Gasteiger partial charge in [-0.1, -0.05) is 17.7 Å². The molecule has 1 atom stereocenters. The lowest BCUT2D eigenvalue weighted by molar-refractivity contribution is -0.119. The summed E-state index contributed by atoms with van der Waals surface area (Å²) in [5, 5.41) is 2.78. The van der Waals surface area contributed by atoms with Crippen molar-refractivity contribution < 1.29 is 14.3 Å². The second-order valence-electron chi connectivity index (χ2n) is 7.24. The van der Waals surface area contributed by atoms with Crippen molar-refractivity contribution in [1.82, 2.24) is 0 Å². The van der Waals surface area contributed by atoms with E-state index in [4.69, 9.17) is 4.74 Å². The number of carbonyl (C=O) groups excluding carboxylic acids is 2. The largest absolute Gasteiger partial charge is 0.417 e. The number of rotatable bonds is 3. The van der Waals surface area contributed by atoms with Gasteiger partial charge in [-0.25, -0.2) is 4.79 Å². The first kappa shape index (κ1) is 17.4. The number of hydrogen-bond donors (Lipinski definition) is 1. The van der Waals surface area contributed by atoms with Crippen LogP contribution in [0.1, 0.15) is 25.3 Å². The second kappa shape index (κ2) is 6.61. The third-order valence-corrected chi connectivity index (χ3v) is 5.14. The summed E-state index contributed by atoms with van der Waals surface area (Å²) in [7, 11) is 1.79. The second-order valence-corrected chi connectivity index (χ2v) is 7.24. The van der Waals surface area contributed by atoms with Gasteiger partial charge in [0.25, 0.3) is 0 Å². The molecule has 6 nitrogen and oxygen atoms in total. The number of nitrogens with one attached hydrogen (secondary N) is 1. The van der Waals surface area contributed by atoms with Gasteiger partial charge in [-0.05, 0) is 57.0 Å². The van der Waals surface area contributed by atoms with Crippen LogP contribution in [-0.2, 0) is 4.79 Å². The van der Waals surface area contributed by atoms with Crippen molar-refractivity contribution in [2.24, 2.45) is 0 Å². The Bertz CT molecular complexity index is 890. The van der Waals surface area contributed by atoms with Gasteiger partial charge in [0.1, 0.15) is 11.8 Å². The lowest BCUT2D eigenvalue weighted by Gasteiger charge is -2.40. The van der Waals surface area contributed by atoms with Crippen LogP contribution in [0.2, 0.25) is 0 Å². The summed E-state index contributed by atoms with van der Waals surface area (Å²) in [6.45, 7) is 3.91. The van der Waals surface area contributed by atoms with Gasteiger partial charge in [-0.15, -0.1) is 0 Å². The molecule has 0 bridgehead atoms. The van der Waals surface area contributed by atoms with Crippen LogP contribution in [0.25, 0.3) is 0 Å². The van der Waals surface area contributed by atoms with Gasteiger partial charge < -0.3 is 14.5 Å². The van der Waals surface area contributed by atoms with E-state index in [1.54, 1.807) is 30.1 Å². The molecule has 1 aliphatic heterocycles. The molecular weight excluding hydrogens is 342 g/mol. The van der Waals surface area contributed by atoms with Crippen LogP contribution in [0.4, 0.5) is 21.9 Å². The molecule has 1 N–H and O–H groups in total. The number of aryl methyl sites for hydroxylation is 1. The van der Waals surface area contributed by atoms with Crippen molar-refractivity contribution in [3.05, 3.63) is 48.0 Å². The quantitative estimate of drug-likeness (QED) is 0.895. The van der Waals surface area contributed by atoms with E-state index in [-0.39, 0.29) is 11.9 Å². The number of ether oxygens (including phenoxy) is 1. The fourth-order valence-electron chi connectivity index (χ4n) is 3.54. The van der Waals surface area contributed by atoms with E-state index in [9.17, 15) is 9.59 Å². The molecule has 4 rings (SSSR count). The van der Waals surface area contributed by atoms with Crippen molar-refractivity contribution in [2.75, 3.05) is 22.2 Å². The highest BCUT2D eigenvalue weighted by Crippen LogP contribution is 2.43. The summed E-state index contributed by atoms with van der Waals surface area (Å²) in [4.78, 5) is 28.6. The Hall–Kier alpha value is -3.02. The maximum Gasteiger partial charge on any atom is 0.417 e. The molecular formula is C21H23N3O3. The van der Waals surface area contributed by atoms with Gasteiger partial charge in [0.05, 0.1) is 11.4 Å². The zero-order valence-corrected chi connectivity index (χ0v) is 15.7. The molecule has 2 aromatic rings. The summed E-state index contributed by atoms with van der Waals surface area (Å²) in [6, 6.07) is 13.1. The smallest absolute Gasteiger partial charge is 0.410 e. The zero-order chi connectivity index (χ0) is 19.1. The Morgan fingerprint density at radius 1 is 1.11 bits per heavy atom. The minimum Gasteiger partial charge on any atom is -0.410 e. The minimum atomic E-state index is -0.537. The molecule has 1 fully saturated rings. The number of fused-ring (bicyclic) bond motifs is 1. The maximum absolute atomic E-state index is 12.5. The summed E-state index contributed by atoms with van der Waals surface area (Å²) in [5.41, 5.74) is 3.58. The monoisotopic (exact) mass is 365 g/mol. The molecule has 2 amide bonds. The van der Waals surface area contributed by atoms with Crippen molar-refractivity contribution >= 4 is 29.1 Å². The van der Waals surface area contributed by atoms with Crippen molar-refractivity contribution in [3.8, 4) is 5.75 Å². The Morgan fingerprint density at radius 3 is 2.48 bits per heavy atom. The fraction of sp³-hybridized carbons (Fsp3) is 0.333. The molecule has 140 valence electrons. The van der Waals surface area contributed by atoms with Crippen LogP contribution in [0, 0.1) is 6.92 Å². The predicted octanol–water partition coefficient (Wildman–Crippen LogP) is 3.94. The molecule has 6 heteroatoms. The Kier molecular flexibility index (Phi) is 4.26. The number of benzene rings is 2. The van der Waals surface area contributed by atoms with Crippen LogP contribution >= 0.6 is 0 Å². The third kappa shape index (κ3) is 3.35. The van der Waals surface area contributed by atoms with E-state index in [0.29, 0.717) is 17.5 Å². The number of nitrogens with zero attached hydrogens (tertiary/aromatic N) is 2. The predicted molar refractivity (Wildman–Crippen MR) is 106 cm³/mol. The molecule has 0 radical (unpaired) electrons. The number of carbonyl (C=O) groups is 2. The van der Waals surface area contributed by atoms with Gasteiger partial charge in [0.2, 0.25) is 5.91 Å². The Balaban J connectivity index is 1.55. The van der Waals surface area contributed by atoms with Crippen LogP contribution < -0.4 is 19.9 Å². The first-order chi connectivity index (χ1) is 12.9. The lowest BCUT2D eigenvalue weighted by Crippen LogP contribution is -2.51. The highest BCUT2D eigenvalue weighted by atomic mass is 16.6. The zero-order valence-electron chi connectivity index (χ0n) is 15.7. The summed E-state index contributed by atoms with van der Waals surface area (Å²) >= 11 is 0. The van der Waals surface area contributed by atoms with Gasteiger partial charge >= 0.3 is 6.09 Å². The van der Waals surface area contributed by atoms with Crippen molar-refractivity contribution in [3.63, 3.8) is 0 Å². The molecule has 0 spiro atoms. The topological polar surface area (TPSA) is 61.9 Å². The van der Waals surface area contributed by atoms with E-state index < -0.39 is 6.09 Å².